The molecule has 0 aromatic carbocycles. The Labute approximate surface area is 93.2 Å². The van der Waals surface area contributed by atoms with Crippen molar-refractivity contribution in [3.63, 3.8) is 0 Å². The molecule has 2 rings (SSSR count). The van der Waals surface area contributed by atoms with Crippen LogP contribution in [0.2, 0.25) is 0 Å². The van der Waals surface area contributed by atoms with Crippen molar-refractivity contribution in [2.75, 3.05) is 0 Å². The summed E-state index contributed by atoms with van der Waals surface area (Å²) in [6, 6.07) is 3.91. The van der Waals surface area contributed by atoms with Crippen LogP contribution in [0.25, 0.3) is 0 Å². The van der Waals surface area contributed by atoms with E-state index in [2.05, 4.69) is 0 Å². The Morgan fingerprint density at radius 3 is 2.93 bits per heavy atom. The zero-order valence-corrected chi connectivity index (χ0v) is 9.39. The second-order valence-electron chi connectivity index (χ2n) is 4.13. The predicted octanol–water partition coefficient (Wildman–Crippen LogP) is 2.06. The highest BCUT2D eigenvalue weighted by Crippen LogP contribution is 2.32. The van der Waals surface area contributed by atoms with Gasteiger partial charge in [-0.15, -0.1) is 11.3 Å². The number of hydrogen-bond donors (Lipinski definition) is 1. The molecule has 1 aromatic rings. The summed E-state index contributed by atoms with van der Waals surface area (Å²) >= 11 is 1.59. The summed E-state index contributed by atoms with van der Waals surface area (Å²) in [7, 11) is 0. The maximum atomic E-state index is 11.4. The monoisotopic (exact) mass is 225 g/mol. The zero-order valence-electron chi connectivity index (χ0n) is 8.57. The second-order valence-corrected chi connectivity index (χ2v) is 5.16. The molecule has 4 heteroatoms. The Morgan fingerprint density at radius 2 is 2.40 bits per heavy atom. The molecule has 3 nitrogen and oxygen atoms in total. The summed E-state index contributed by atoms with van der Waals surface area (Å²) in [5.74, 6) is -0.175. The molecule has 1 aromatic heterocycles. The minimum absolute atomic E-state index is 0.175. The number of carbonyl (C=O) groups excluding carboxylic acids is 1. The predicted molar refractivity (Wildman–Crippen MR) is 59.5 cm³/mol. The first-order valence-corrected chi connectivity index (χ1v) is 6.03. The molecule has 0 radical (unpaired) electrons. The van der Waals surface area contributed by atoms with Crippen molar-refractivity contribution >= 4 is 17.3 Å². The van der Waals surface area contributed by atoms with Gasteiger partial charge in [0.05, 0.1) is 6.42 Å². The lowest BCUT2D eigenvalue weighted by atomic mass is 9.75. The molecule has 1 heterocycles. The average Bonchev–Trinajstić information content (AvgIpc) is 2.64. The van der Waals surface area contributed by atoms with Crippen molar-refractivity contribution in [1.29, 1.82) is 0 Å². The molecule has 0 amide bonds. The summed E-state index contributed by atoms with van der Waals surface area (Å²) in [5.41, 5.74) is 5.68. The van der Waals surface area contributed by atoms with Crippen LogP contribution in [0.3, 0.4) is 0 Å². The van der Waals surface area contributed by atoms with Gasteiger partial charge in [0, 0.05) is 10.4 Å². The minimum atomic E-state index is -0.271. The number of esters is 1. The highest BCUT2D eigenvalue weighted by Gasteiger charge is 2.35. The van der Waals surface area contributed by atoms with Crippen molar-refractivity contribution in [2.24, 2.45) is 5.73 Å². The number of nitrogens with two attached hydrogens (primary N) is 1. The number of rotatable bonds is 4. The first-order valence-electron chi connectivity index (χ1n) is 5.15. The molecule has 0 atom stereocenters. The molecule has 0 unspecified atom stereocenters. The van der Waals surface area contributed by atoms with Gasteiger partial charge in [0.2, 0.25) is 0 Å². The van der Waals surface area contributed by atoms with Gasteiger partial charge < -0.3 is 10.5 Å². The van der Waals surface area contributed by atoms with Crippen LogP contribution in [-0.4, -0.2) is 11.5 Å². The molecular weight excluding hydrogens is 210 g/mol. The summed E-state index contributed by atoms with van der Waals surface area (Å²) in [6.07, 6.45) is 3.38. The third kappa shape index (κ3) is 2.79. The first kappa shape index (κ1) is 10.6. The number of ether oxygens (including phenoxy) is 1. The van der Waals surface area contributed by atoms with Gasteiger partial charge in [0.1, 0.15) is 6.61 Å². The van der Waals surface area contributed by atoms with Gasteiger partial charge in [-0.25, -0.2) is 0 Å². The highest BCUT2D eigenvalue weighted by atomic mass is 32.1. The van der Waals surface area contributed by atoms with E-state index < -0.39 is 0 Å². The fraction of sp³-hybridized carbons (Fsp3) is 0.545. The van der Waals surface area contributed by atoms with E-state index in [1.165, 1.54) is 0 Å². The van der Waals surface area contributed by atoms with Crippen LogP contribution >= 0.6 is 11.3 Å². The van der Waals surface area contributed by atoms with E-state index in [0.717, 1.165) is 24.1 Å². The van der Waals surface area contributed by atoms with E-state index in [9.17, 15) is 4.79 Å². The van der Waals surface area contributed by atoms with Crippen LogP contribution in [0.4, 0.5) is 0 Å². The standard InChI is InChI=1S/C11H15NO2S/c12-11(4-2-5-11)7-10(13)14-8-9-3-1-6-15-9/h1,3,6H,2,4-5,7-8,12H2. The maximum absolute atomic E-state index is 11.4. The average molecular weight is 225 g/mol. The van der Waals surface area contributed by atoms with Gasteiger partial charge in [-0.05, 0) is 30.7 Å². The normalized spacial score (nSPS) is 18.2. The molecule has 15 heavy (non-hydrogen) atoms. The third-order valence-corrected chi connectivity index (χ3v) is 3.65. The lowest BCUT2D eigenvalue weighted by molar-refractivity contribution is -0.147. The SMILES string of the molecule is NC1(CC(=O)OCc2cccs2)CCC1. The Bertz CT molecular complexity index is 330. The van der Waals surface area contributed by atoms with E-state index in [1.54, 1.807) is 11.3 Å². The smallest absolute Gasteiger partial charge is 0.308 e. The van der Waals surface area contributed by atoms with Crippen molar-refractivity contribution in [2.45, 2.75) is 37.8 Å². The minimum Gasteiger partial charge on any atom is -0.460 e. The topological polar surface area (TPSA) is 52.3 Å². The van der Waals surface area contributed by atoms with Crippen molar-refractivity contribution in [3.05, 3.63) is 22.4 Å². The Hall–Kier alpha value is -0.870. The van der Waals surface area contributed by atoms with Gasteiger partial charge in [0.15, 0.2) is 0 Å². The van der Waals surface area contributed by atoms with Gasteiger partial charge in [-0.2, -0.15) is 0 Å². The fourth-order valence-electron chi connectivity index (χ4n) is 1.69. The molecule has 2 N–H and O–H groups in total. The second kappa shape index (κ2) is 4.33. The molecule has 0 aliphatic heterocycles. The summed E-state index contributed by atoms with van der Waals surface area (Å²) in [6.45, 7) is 0.382. The summed E-state index contributed by atoms with van der Waals surface area (Å²) < 4.78 is 5.15. The highest BCUT2D eigenvalue weighted by molar-refractivity contribution is 7.09. The quantitative estimate of drug-likeness (QED) is 0.798. The summed E-state index contributed by atoms with van der Waals surface area (Å²) in [5, 5.41) is 1.97. The van der Waals surface area contributed by atoms with Crippen LogP contribution in [0.5, 0.6) is 0 Å². The van der Waals surface area contributed by atoms with Gasteiger partial charge in [-0.1, -0.05) is 6.07 Å². The lowest BCUT2D eigenvalue weighted by Crippen LogP contribution is -2.48. The number of thiophene rings is 1. The molecule has 1 fully saturated rings. The summed E-state index contributed by atoms with van der Waals surface area (Å²) in [4.78, 5) is 12.5. The Kier molecular flexibility index (Phi) is 3.07. The largest absolute Gasteiger partial charge is 0.460 e. The Balaban J connectivity index is 1.73. The van der Waals surface area contributed by atoms with E-state index in [4.69, 9.17) is 10.5 Å². The molecule has 0 spiro atoms. The molecule has 0 bridgehead atoms. The van der Waals surface area contributed by atoms with E-state index >= 15 is 0 Å². The fourth-order valence-corrected chi connectivity index (χ4v) is 2.31. The van der Waals surface area contributed by atoms with Crippen LogP contribution in [-0.2, 0) is 16.1 Å². The van der Waals surface area contributed by atoms with Crippen LogP contribution in [0.15, 0.2) is 17.5 Å². The maximum Gasteiger partial charge on any atom is 0.308 e. The number of hydrogen-bond acceptors (Lipinski definition) is 4. The van der Waals surface area contributed by atoms with E-state index in [0.29, 0.717) is 13.0 Å². The first-order chi connectivity index (χ1) is 7.18. The lowest BCUT2D eigenvalue weighted by Gasteiger charge is -2.37. The van der Waals surface area contributed by atoms with E-state index in [-0.39, 0.29) is 11.5 Å². The van der Waals surface area contributed by atoms with Crippen LogP contribution in [0, 0.1) is 0 Å². The third-order valence-electron chi connectivity index (χ3n) is 2.80. The van der Waals surface area contributed by atoms with Crippen LogP contribution < -0.4 is 5.73 Å². The van der Waals surface area contributed by atoms with Crippen molar-refractivity contribution in [3.8, 4) is 0 Å². The van der Waals surface area contributed by atoms with Crippen molar-refractivity contribution < 1.29 is 9.53 Å². The van der Waals surface area contributed by atoms with Gasteiger partial charge in [0.25, 0.3) is 0 Å². The van der Waals surface area contributed by atoms with Gasteiger partial charge in [-0.3, -0.25) is 4.79 Å². The number of carbonyl (C=O) groups is 1. The Morgan fingerprint density at radius 1 is 1.60 bits per heavy atom. The molecule has 1 aliphatic rings. The molecule has 1 saturated carbocycles. The van der Waals surface area contributed by atoms with Crippen LogP contribution in [0.1, 0.15) is 30.6 Å². The zero-order chi connectivity index (χ0) is 10.7. The molecule has 1 aliphatic carbocycles. The molecule has 0 saturated heterocycles. The van der Waals surface area contributed by atoms with Crippen molar-refractivity contribution in [1.82, 2.24) is 0 Å². The molecule has 82 valence electrons. The van der Waals surface area contributed by atoms with E-state index in [1.807, 2.05) is 17.5 Å². The molecular formula is C11H15NO2S. The van der Waals surface area contributed by atoms with Gasteiger partial charge >= 0.3 is 5.97 Å².